The maximum absolute atomic E-state index is 8.94. The molecule has 0 spiro atoms. The Kier molecular flexibility index (Phi) is 10.5. The van der Waals surface area contributed by atoms with Gasteiger partial charge in [-0.05, 0) is 67.2 Å². The predicted octanol–water partition coefficient (Wildman–Crippen LogP) is 4.69. The van der Waals surface area contributed by atoms with Crippen LogP contribution in [-0.4, -0.2) is 89.9 Å². The summed E-state index contributed by atoms with van der Waals surface area (Å²) < 4.78 is 21.3. The monoisotopic (exact) mass is 647 g/mol. The summed E-state index contributed by atoms with van der Waals surface area (Å²) in [7, 11) is 0. The summed E-state index contributed by atoms with van der Waals surface area (Å²) in [6.45, 7) is 6.48. The number of tetrazole rings is 1. The number of unbranched alkanes of at least 4 members (excludes halogenated alkanes) is 1. The van der Waals surface area contributed by atoms with E-state index in [2.05, 4.69) is 41.8 Å². The van der Waals surface area contributed by atoms with Gasteiger partial charge in [0.15, 0.2) is 0 Å². The number of benzene rings is 1. The maximum atomic E-state index is 8.94. The Bertz CT molecular complexity index is 1580. The van der Waals surface area contributed by atoms with Crippen molar-refractivity contribution in [3.8, 4) is 28.8 Å². The summed E-state index contributed by atoms with van der Waals surface area (Å²) in [4.78, 5) is 11.7. The average Bonchev–Trinajstić information content (AvgIpc) is 3.75. The van der Waals surface area contributed by atoms with E-state index < -0.39 is 0 Å². The second kappa shape index (κ2) is 15.3. The number of hydrogen-bond acceptors (Lipinski definition) is 12. The first-order chi connectivity index (χ1) is 22.6. The van der Waals surface area contributed by atoms with E-state index in [1.54, 1.807) is 23.1 Å². The smallest absolute Gasteiger partial charge is 0.256 e. The van der Waals surface area contributed by atoms with Crippen molar-refractivity contribution in [1.29, 1.82) is 5.26 Å². The number of aromatic nitrogens is 8. The maximum Gasteiger partial charge on any atom is 0.256 e. The van der Waals surface area contributed by atoms with Gasteiger partial charge in [-0.1, -0.05) is 17.7 Å². The lowest BCUT2D eigenvalue weighted by molar-refractivity contribution is 0.00503. The predicted molar refractivity (Wildman–Crippen MR) is 170 cm³/mol. The van der Waals surface area contributed by atoms with Crippen molar-refractivity contribution >= 4 is 23.2 Å². The van der Waals surface area contributed by atoms with Gasteiger partial charge in [0.25, 0.3) is 5.88 Å². The van der Waals surface area contributed by atoms with Crippen LogP contribution in [0.3, 0.4) is 0 Å². The second-order valence-corrected chi connectivity index (χ2v) is 12.0. The SMILES string of the molecule is CC(Cn1cnnn1)Oc1cc(-c2cnc(Nc3cn(C4CCC(N5CCOCC5)CC4)nc3OCCCC#N)nc2)ccc1Cl. The fourth-order valence-electron chi connectivity index (χ4n) is 5.92. The van der Waals surface area contributed by atoms with Crippen molar-refractivity contribution in [2.24, 2.45) is 0 Å². The molecule has 2 aliphatic rings. The van der Waals surface area contributed by atoms with Gasteiger partial charge in [-0.25, -0.2) is 14.6 Å². The van der Waals surface area contributed by atoms with Crippen molar-refractivity contribution in [3.05, 3.63) is 48.1 Å². The molecule has 1 saturated heterocycles. The summed E-state index contributed by atoms with van der Waals surface area (Å²) >= 11 is 6.44. The first kappa shape index (κ1) is 31.7. The first-order valence-corrected chi connectivity index (χ1v) is 16.1. The Morgan fingerprint density at radius 3 is 2.63 bits per heavy atom. The highest BCUT2D eigenvalue weighted by atomic mass is 35.5. The largest absolute Gasteiger partial charge is 0.487 e. The van der Waals surface area contributed by atoms with Crippen LogP contribution >= 0.6 is 11.6 Å². The Hall–Kier alpha value is -4.32. The number of rotatable bonds is 13. The lowest BCUT2D eigenvalue weighted by atomic mass is 9.90. The zero-order chi connectivity index (χ0) is 31.7. The van der Waals surface area contributed by atoms with E-state index in [0.717, 1.165) is 63.1 Å². The molecule has 14 nitrogen and oxygen atoms in total. The lowest BCUT2D eigenvalue weighted by Crippen LogP contribution is -2.45. The molecule has 0 amide bonds. The molecule has 3 aromatic heterocycles. The van der Waals surface area contributed by atoms with Crippen molar-refractivity contribution in [3.63, 3.8) is 0 Å². The third-order valence-corrected chi connectivity index (χ3v) is 8.61. The highest BCUT2D eigenvalue weighted by Gasteiger charge is 2.29. The number of nitrogens with zero attached hydrogens (tertiary/aromatic N) is 10. The van der Waals surface area contributed by atoms with Crippen molar-refractivity contribution in [2.45, 2.75) is 70.2 Å². The van der Waals surface area contributed by atoms with Gasteiger partial charge in [-0.15, -0.1) is 10.2 Å². The molecule has 1 unspecified atom stereocenters. The number of nitriles is 1. The van der Waals surface area contributed by atoms with E-state index in [-0.39, 0.29) is 12.1 Å². The van der Waals surface area contributed by atoms with Crippen LogP contribution in [0, 0.1) is 11.3 Å². The second-order valence-electron chi connectivity index (χ2n) is 11.6. The molecule has 1 N–H and O–H groups in total. The molecule has 4 aromatic rings. The fraction of sp³-hybridized carbons (Fsp3) is 0.516. The molecule has 2 fully saturated rings. The van der Waals surface area contributed by atoms with Gasteiger partial charge in [0.1, 0.15) is 23.9 Å². The molecule has 4 heterocycles. The molecule has 1 atom stereocenters. The van der Waals surface area contributed by atoms with Crippen LogP contribution in [0.1, 0.15) is 51.5 Å². The van der Waals surface area contributed by atoms with Crippen LogP contribution in [0.2, 0.25) is 5.02 Å². The van der Waals surface area contributed by atoms with Crippen LogP contribution in [-0.2, 0) is 11.3 Å². The van der Waals surface area contributed by atoms with E-state index in [9.17, 15) is 0 Å². The van der Waals surface area contributed by atoms with E-state index in [1.807, 2.05) is 29.9 Å². The highest BCUT2D eigenvalue weighted by molar-refractivity contribution is 6.32. The topological polar surface area (TPSA) is 154 Å². The normalized spacial score (nSPS) is 19.3. The third-order valence-electron chi connectivity index (χ3n) is 8.30. The molecule has 15 heteroatoms. The fourth-order valence-corrected chi connectivity index (χ4v) is 6.08. The van der Waals surface area contributed by atoms with Crippen molar-refractivity contribution < 1.29 is 14.2 Å². The van der Waals surface area contributed by atoms with E-state index in [1.165, 1.54) is 6.33 Å². The minimum absolute atomic E-state index is 0.212. The molecule has 1 aliphatic carbocycles. The summed E-state index contributed by atoms with van der Waals surface area (Å²) in [5.41, 5.74) is 2.36. The Balaban J connectivity index is 1.12. The van der Waals surface area contributed by atoms with Crippen LogP contribution < -0.4 is 14.8 Å². The Morgan fingerprint density at radius 1 is 1.11 bits per heavy atom. The van der Waals surface area contributed by atoms with Crippen molar-refractivity contribution in [2.75, 3.05) is 38.2 Å². The van der Waals surface area contributed by atoms with Gasteiger partial charge in [-0.2, -0.15) is 5.26 Å². The van der Waals surface area contributed by atoms with E-state index in [4.69, 9.17) is 36.2 Å². The number of morpholine rings is 1. The molecular formula is C31H38ClN11O3. The van der Waals surface area contributed by atoms with Crippen molar-refractivity contribution in [1.82, 2.24) is 44.9 Å². The molecule has 6 rings (SSSR count). The minimum atomic E-state index is -0.212. The van der Waals surface area contributed by atoms with E-state index in [0.29, 0.717) is 60.3 Å². The molecule has 1 saturated carbocycles. The number of hydrogen-bond donors (Lipinski definition) is 1. The highest BCUT2D eigenvalue weighted by Crippen LogP contribution is 2.35. The van der Waals surface area contributed by atoms with Crippen LogP contribution in [0.15, 0.2) is 43.1 Å². The molecule has 242 valence electrons. The van der Waals surface area contributed by atoms with Gasteiger partial charge in [-0.3, -0.25) is 9.58 Å². The number of anilines is 2. The Morgan fingerprint density at radius 2 is 1.89 bits per heavy atom. The summed E-state index contributed by atoms with van der Waals surface area (Å²) in [6.07, 6.45) is 12.2. The average molecular weight is 648 g/mol. The van der Waals surface area contributed by atoms with Gasteiger partial charge in [0.05, 0.1) is 49.7 Å². The molecule has 46 heavy (non-hydrogen) atoms. The van der Waals surface area contributed by atoms with E-state index >= 15 is 0 Å². The molecule has 1 aromatic carbocycles. The zero-order valence-electron chi connectivity index (χ0n) is 25.8. The minimum Gasteiger partial charge on any atom is -0.487 e. The molecule has 1 aliphatic heterocycles. The number of nitrogens with one attached hydrogen (secondary N) is 1. The quantitative estimate of drug-likeness (QED) is 0.200. The van der Waals surface area contributed by atoms with Gasteiger partial charge in [0.2, 0.25) is 5.95 Å². The Labute approximate surface area is 272 Å². The van der Waals surface area contributed by atoms with Crippen LogP contribution in [0.4, 0.5) is 11.6 Å². The molecular weight excluding hydrogens is 610 g/mol. The first-order valence-electron chi connectivity index (χ1n) is 15.7. The van der Waals surface area contributed by atoms with Gasteiger partial charge < -0.3 is 19.5 Å². The van der Waals surface area contributed by atoms with Crippen LogP contribution in [0.25, 0.3) is 11.1 Å². The lowest BCUT2D eigenvalue weighted by Gasteiger charge is -2.38. The number of ether oxygens (including phenoxy) is 3. The van der Waals surface area contributed by atoms with Gasteiger partial charge in [0, 0.05) is 43.5 Å². The number of halogens is 1. The third kappa shape index (κ3) is 8.09. The molecule has 0 radical (unpaired) electrons. The van der Waals surface area contributed by atoms with Gasteiger partial charge >= 0.3 is 0 Å². The molecule has 0 bridgehead atoms. The summed E-state index contributed by atoms with van der Waals surface area (Å²) in [5.74, 6) is 1.45. The summed E-state index contributed by atoms with van der Waals surface area (Å²) in [6, 6.07) is 8.62. The standard InChI is InChI=1S/C31H38ClN11O3/c1-22(19-42-21-36-39-40-42)46-29-16-23(4-9-27(29)32)24-17-34-31(35-18-24)37-28-20-43(38-30(28)45-13-3-2-10-33)26-7-5-25(6-8-26)41-11-14-44-15-12-41/h4,9,16-18,20-22,25-26H,2-3,5-8,11-15,19H2,1H3,(H,34,35,37). The zero-order valence-corrected chi connectivity index (χ0v) is 26.6. The summed E-state index contributed by atoms with van der Waals surface area (Å²) in [5, 5.41) is 28.7. The van der Waals surface area contributed by atoms with Crippen LogP contribution in [0.5, 0.6) is 11.6 Å².